The SMILES string of the molecule is CCN(C(=O)c1cc(Br)ccc1Cl)C(C)C. The Hall–Kier alpha value is -0.540. The number of hydrogen-bond acceptors (Lipinski definition) is 1. The third kappa shape index (κ3) is 2.98. The minimum absolute atomic E-state index is 0.0243. The summed E-state index contributed by atoms with van der Waals surface area (Å²) in [6.07, 6.45) is 0. The number of rotatable bonds is 3. The number of nitrogens with zero attached hydrogens (tertiary/aromatic N) is 1. The molecule has 0 unspecified atom stereocenters. The van der Waals surface area contributed by atoms with Gasteiger partial charge < -0.3 is 4.90 Å². The Labute approximate surface area is 110 Å². The van der Waals surface area contributed by atoms with Crippen LogP contribution in [-0.4, -0.2) is 23.4 Å². The van der Waals surface area contributed by atoms with Crippen molar-refractivity contribution in [2.75, 3.05) is 6.54 Å². The smallest absolute Gasteiger partial charge is 0.255 e. The lowest BCUT2D eigenvalue weighted by Crippen LogP contribution is -2.36. The van der Waals surface area contributed by atoms with E-state index in [1.165, 1.54) is 0 Å². The molecule has 0 spiro atoms. The van der Waals surface area contributed by atoms with Gasteiger partial charge in [-0.2, -0.15) is 0 Å². The Bertz CT molecular complexity index is 393. The first-order chi connectivity index (χ1) is 7.47. The van der Waals surface area contributed by atoms with Crippen LogP contribution in [0, 0.1) is 0 Å². The highest BCUT2D eigenvalue weighted by Gasteiger charge is 2.19. The molecule has 0 radical (unpaired) electrons. The third-order valence-electron chi connectivity index (χ3n) is 2.38. The number of carbonyl (C=O) groups excluding carboxylic acids is 1. The fourth-order valence-corrected chi connectivity index (χ4v) is 2.12. The zero-order chi connectivity index (χ0) is 12.3. The van der Waals surface area contributed by atoms with Crippen LogP contribution in [0.3, 0.4) is 0 Å². The Morgan fingerprint density at radius 3 is 2.62 bits per heavy atom. The summed E-state index contributed by atoms with van der Waals surface area (Å²) in [5, 5.41) is 0.493. The van der Waals surface area contributed by atoms with Crippen LogP contribution in [0.5, 0.6) is 0 Å². The molecular weight excluding hydrogens is 289 g/mol. The summed E-state index contributed by atoms with van der Waals surface area (Å²) in [5.74, 6) is -0.0243. The number of halogens is 2. The summed E-state index contributed by atoms with van der Waals surface area (Å²) in [7, 11) is 0. The number of amides is 1. The van der Waals surface area contributed by atoms with Crippen molar-refractivity contribution in [2.24, 2.45) is 0 Å². The van der Waals surface area contributed by atoms with Gasteiger partial charge in [0.15, 0.2) is 0 Å². The third-order valence-corrected chi connectivity index (χ3v) is 3.21. The standard InChI is InChI=1S/C12H15BrClNO/c1-4-15(8(2)3)12(16)10-7-9(13)5-6-11(10)14/h5-8H,4H2,1-3H3. The van der Waals surface area contributed by atoms with E-state index >= 15 is 0 Å². The van der Waals surface area contributed by atoms with Crippen LogP contribution in [0.15, 0.2) is 22.7 Å². The summed E-state index contributed by atoms with van der Waals surface area (Å²) in [6, 6.07) is 5.49. The van der Waals surface area contributed by atoms with Crippen molar-refractivity contribution in [3.8, 4) is 0 Å². The number of benzene rings is 1. The van der Waals surface area contributed by atoms with Crippen LogP contribution in [0.1, 0.15) is 31.1 Å². The second-order valence-electron chi connectivity index (χ2n) is 3.81. The van der Waals surface area contributed by atoms with Crippen molar-refractivity contribution in [2.45, 2.75) is 26.8 Å². The largest absolute Gasteiger partial charge is 0.336 e. The average molecular weight is 305 g/mol. The molecule has 0 saturated carbocycles. The van der Waals surface area contributed by atoms with Crippen LogP contribution < -0.4 is 0 Å². The molecule has 88 valence electrons. The Morgan fingerprint density at radius 2 is 2.12 bits per heavy atom. The topological polar surface area (TPSA) is 20.3 Å². The van der Waals surface area contributed by atoms with Gasteiger partial charge in [0, 0.05) is 17.1 Å². The van der Waals surface area contributed by atoms with E-state index in [0.717, 1.165) is 4.47 Å². The molecule has 1 aromatic carbocycles. The van der Waals surface area contributed by atoms with E-state index in [2.05, 4.69) is 15.9 Å². The molecule has 0 bridgehead atoms. The first-order valence-corrected chi connectivity index (χ1v) is 6.40. The highest BCUT2D eigenvalue weighted by atomic mass is 79.9. The van der Waals surface area contributed by atoms with E-state index in [1.54, 1.807) is 17.0 Å². The maximum absolute atomic E-state index is 12.2. The highest BCUT2D eigenvalue weighted by molar-refractivity contribution is 9.10. The Morgan fingerprint density at radius 1 is 1.50 bits per heavy atom. The van der Waals surface area contributed by atoms with Crippen LogP contribution in [0.25, 0.3) is 0 Å². The molecule has 16 heavy (non-hydrogen) atoms. The fourth-order valence-electron chi connectivity index (χ4n) is 1.56. The van der Waals surface area contributed by atoms with Gasteiger partial charge in [-0.05, 0) is 39.0 Å². The van der Waals surface area contributed by atoms with Crippen molar-refractivity contribution in [3.63, 3.8) is 0 Å². The summed E-state index contributed by atoms with van der Waals surface area (Å²) in [4.78, 5) is 14.0. The highest BCUT2D eigenvalue weighted by Crippen LogP contribution is 2.23. The number of carbonyl (C=O) groups is 1. The predicted molar refractivity (Wildman–Crippen MR) is 71.0 cm³/mol. The van der Waals surface area contributed by atoms with Gasteiger partial charge >= 0.3 is 0 Å². The summed E-state index contributed by atoms with van der Waals surface area (Å²) >= 11 is 9.37. The van der Waals surface area contributed by atoms with Crippen molar-refractivity contribution < 1.29 is 4.79 Å². The second kappa shape index (κ2) is 5.69. The molecule has 0 aliphatic rings. The first kappa shape index (κ1) is 13.5. The fraction of sp³-hybridized carbons (Fsp3) is 0.417. The maximum atomic E-state index is 12.2. The van der Waals surface area contributed by atoms with Gasteiger partial charge in [0.05, 0.1) is 10.6 Å². The molecule has 0 aromatic heterocycles. The first-order valence-electron chi connectivity index (χ1n) is 5.23. The summed E-state index contributed by atoms with van der Waals surface area (Å²) < 4.78 is 0.861. The lowest BCUT2D eigenvalue weighted by molar-refractivity contribution is 0.0717. The molecule has 1 rings (SSSR count). The monoisotopic (exact) mass is 303 g/mol. The van der Waals surface area contributed by atoms with E-state index in [-0.39, 0.29) is 11.9 Å². The van der Waals surface area contributed by atoms with E-state index in [4.69, 9.17) is 11.6 Å². The van der Waals surface area contributed by atoms with Gasteiger partial charge in [-0.15, -0.1) is 0 Å². The molecule has 2 nitrogen and oxygen atoms in total. The predicted octanol–water partition coefficient (Wildman–Crippen LogP) is 3.97. The van der Waals surface area contributed by atoms with Gasteiger partial charge in [-0.3, -0.25) is 4.79 Å². The molecule has 4 heteroatoms. The molecule has 1 aromatic rings. The molecule has 0 atom stereocenters. The van der Waals surface area contributed by atoms with Crippen molar-refractivity contribution in [1.82, 2.24) is 4.90 Å². The molecule has 0 aliphatic carbocycles. The van der Waals surface area contributed by atoms with E-state index in [0.29, 0.717) is 17.1 Å². The van der Waals surface area contributed by atoms with Crippen molar-refractivity contribution >= 4 is 33.4 Å². The molecule has 0 N–H and O–H groups in total. The average Bonchev–Trinajstić information content (AvgIpc) is 2.22. The normalized spacial score (nSPS) is 10.6. The zero-order valence-electron chi connectivity index (χ0n) is 9.63. The van der Waals surface area contributed by atoms with Crippen LogP contribution in [0.2, 0.25) is 5.02 Å². The molecule has 0 fully saturated rings. The van der Waals surface area contributed by atoms with Gasteiger partial charge in [-0.25, -0.2) is 0 Å². The van der Waals surface area contributed by atoms with Gasteiger partial charge in [-0.1, -0.05) is 27.5 Å². The minimum Gasteiger partial charge on any atom is -0.336 e. The molecule has 0 aliphatic heterocycles. The Kier molecular flexibility index (Phi) is 4.81. The second-order valence-corrected chi connectivity index (χ2v) is 5.13. The van der Waals surface area contributed by atoms with Gasteiger partial charge in [0.1, 0.15) is 0 Å². The quantitative estimate of drug-likeness (QED) is 0.827. The van der Waals surface area contributed by atoms with Gasteiger partial charge in [0.2, 0.25) is 0 Å². The Balaban J connectivity index is 3.08. The van der Waals surface area contributed by atoms with Crippen molar-refractivity contribution in [3.05, 3.63) is 33.3 Å². The maximum Gasteiger partial charge on any atom is 0.255 e. The van der Waals surface area contributed by atoms with E-state index in [9.17, 15) is 4.79 Å². The van der Waals surface area contributed by atoms with E-state index < -0.39 is 0 Å². The molecule has 1 amide bonds. The summed E-state index contributed by atoms with van der Waals surface area (Å²) in [5.41, 5.74) is 0.548. The van der Waals surface area contributed by atoms with Crippen molar-refractivity contribution in [1.29, 1.82) is 0 Å². The molecule has 0 heterocycles. The molecular formula is C12H15BrClNO. The minimum atomic E-state index is -0.0243. The van der Waals surface area contributed by atoms with Gasteiger partial charge in [0.25, 0.3) is 5.91 Å². The van der Waals surface area contributed by atoms with Crippen LogP contribution in [-0.2, 0) is 0 Å². The lowest BCUT2D eigenvalue weighted by Gasteiger charge is -2.25. The number of hydrogen-bond donors (Lipinski definition) is 0. The summed E-state index contributed by atoms with van der Waals surface area (Å²) in [6.45, 7) is 6.63. The molecule has 0 saturated heterocycles. The zero-order valence-corrected chi connectivity index (χ0v) is 12.0. The van der Waals surface area contributed by atoms with Crippen LogP contribution in [0.4, 0.5) is 0 Å². The lowest BCUT2D eigenvalue weighted by atomic mass is 10.1. The van der Waals surface area contributed by atoms with Crippen LogP contribution >= 0.6 is 27.5 Å². The van der Waals surface area contributed by atoms with E-state index in [1.807, 2.05) is 26.8 Å².